The number of aromatic nitrogens is 1. The summed E-state index contributed by atoms with van der Waals surface area (Å²) in [6.07, 6.45) is 0. The fourth-order valence-electron chi connectivity index (χ4n) is 3.26. The third-order valence-electron chi connectivity index (χ3n) is 4.63. The van der Waals surface area contributed by atoms with Crippen molar-refractivity contribution in [3.05, 3.63) is 94.6 Å². The number of hydrogen-bond donors (Lipinski definition) is 2. The van der Waals surface area contributed by atoms with E-state index in [9.17, 15) is 9.59 Å². The van der Waals surface area contributed by atoms with Crippen molar-refractivity contribution in [1.29, 1.82) is 0 Å². The predicted octanol–water partition coefficient (Wildman–Crippen LogP) is 5.59. The Morgan fingerprint density at radius 2 is 1.80 bits per heavy atom. The minimum atomic E-state index is -0.264. The zero-order chi connectivity index (χ0) is 21.1. The van der Waals surface area contributed by atoms with Crippen LogP contribution in [0.2, 0.25) is 5.02 Å². The molecule has 0 fully saturated rings. The second kappa shape index (κ2) is 8.43. The molecule has 0 saturated heterocycles. The molecular formula is C24H19ClN2O3. The number of H-pyrrole nitrogens is 1. The van der Waals surface area contributed by atoms with Crippen molar-refractivity contribution >= 4 is 39.9 Å². The highest BCUT2D eigenvalue weighted by Crippen LogP contribution is 2.32. The van der Waals surface area contributed by atoms with Gasteiger partial charge in [-0.05, 0) is 35.9 Å². The lowest BCUT2D eigenvalue weighted by molar-refractivity contribution is -0.114. The maximum Gasteiger partial charge on any atom is 0.221 e. The van der Waals surface area contributed by atoms with Crippen molar-refractivity contribution in [3.63, 3.8) is 0 Å². The molecule has 1 aromatic heterocycles. The molecule has 30 heavy (non-hydrogen) atoms. The molecule has 0 saturated carbocycles. The van der Waals surface area contributed by atoms with Gasteiger partial charge in [0.1, 0.15) is 18.1 Å². The third kappa shape index (κ3) is 4.21. The summed E-state index contributed by atoms with van der Waals surface area (Å²) >= 11 is 6.08. The largest absolute Gasteiger partial charge is 0.489 e. The summed E-state index contributed by atoms with van der Waals surface area (Å²) in [6, 6.07) is 22.0. The Bertz CT molecular complexity index is 1230. The number of aromatic amines is 1. The average molecular weight is 419 g/mol. The van der Waals surface area contributed by atoms with E-state index in [1.807, 2.05) is 30.3 Å². The van der Waals surface area contributed by atoms with Crippen LogP contribution in [0.25, 0.3) is 10.9 Å². The van der Waals surface area contributed by atoms with E-state index >= 15 is 0 Å². The molecule has 4 rings (SSSR count). The van der Waals surface area contributed by atoms with E-state index in [-0.39, 0.29) is 11.7 Å². The first-order valence-corrected chi connectivity index (χ1v) is 9.79. The lowest BCUT2D eigenvalue weighted by atomic mass is 10.1. The molecule has 1 amide bonds. The van der Waals surface area contributed by atoms with Crippen LogP contribution >= 0.6 is 11.6 Å². The molecule has 0 spiro atoms. The van der Waals surface area contributed by atoms with Gasteiger partial charge >= 0.3 is 0 Å². The molecule has 0 aliphatic heterocycles. The summed E-state index contributed by atoms with van der Waals surface area (Å²) in [6.45, 7) is 1.81. The van der Waals surface area contributed by atoms with Gasteiger partial charge in [-0.1, -0.05) is 54.1 Å². The standard InChI is InChI=1S/C24H19ClN2O3/c1-15(28)26-22-20-11-10-18(25)13-21(20)27-23(22)24(29)17-8-5-9-19(12-17)30-14-16-6-3-2-4-7-16/h2-13,27H,14H2,1H3,(H,26,28). The van der Waals surface area contributed by atoms with E-state index in [0.717, 1.165) is 10.9 Å². The van der Waals surface area contributed by atoms with Crippen molar-refractivity contribution in [2.45, 2.75) is 13.5 Å². The molecule has 6 heteroatoms. The zero-order valence-corrected chi connectivity index (χ0v) is 17.0. The second-order valence-corrected chi connectivity index (χ2v) is 7.31. The maximum absolute atomic E-state index is 13.3. The van der Waals surface area contributed by atoms with Gasteiger partial charge in [0.05, 0.1) is 5.69 Å². The molecule has 0 unspecified atom stereocenters. The monoisotopic (exact) mass is 418 g/mol. The van der Waals surface area contributed by atoms with Crippen LogP contribution in [0.4, 0.5) is 5.69 Å². The van der Waals surface area contributed by atoms with E-state index in [2.05, 4.69) is 10.3 Å². The van der Waals surface area contributed by atoms with E-state index in [1.54, 1.807) is 42.5 Å². The Balaban J connectivity index is 1.65. The Kier molecular flexibility index (Phi) is 5.55. The molecule has 0 bridgehead atoms. The molecule has 0 radical (unpaired) electrons. The first kappa shape index (κ1) is 19.7. The molecule has 5 nitrogen and oxygen atoms in total. The Hall–Kier alpha value is -3.57. The van der Waals surface area contributed by atoms with Gasteiger partial charge in [0.25, 0.3) is 0 Å². The highest BCUT2D eigenvalue weighted by molar-refractivity contribution is 6.31. The minimum Gasteiger partial charge on any atom is -0.489 e. The molecular weight excluding hydrogens is 400 g/mol. The average Bonchev–Trinajstić information content (AvgIpc) is 3.09. The smallest absolute Gasteiger partial charge is 0.221 e. The SMILES string of the molecule is CC(=O)Nc1c(C(=O)c2cccc(OCc3ccccc3)c2)[nH]c2cc(Cl)ccc12. The van der Waals surface area contributed by atoms with Gasteiger partial charge in [-0.25, -0.2) is 0 Å². The number of nitrogens with one attached hydrogen (secondary N) is 2. The number of rotatable bonds is 6. The minimum absolute atomic E-state index is 0.253. The summed E-state index contributed by atoms with van der Waals surface area (Å²) in [5, 5.41) is 4.02. The first-order valence-electron chi connectivity index (χ1n) is 9.41. The van der Waals surface area contributed by atoms with E-state index in [4.69, 9.17) is 16.3 Å². The number of fused-ring (bicyclic) bond motifs is 1. The fraction of sp³-hybridized carbons (Fsp3) is 0.0833. The lowest BCUT2D eigenvalue weighted by Crippen LogP contribution is -2.11. The number of ether oxygens (including phenoxy) is 1. The van der Waals surface area contributed by atoms with Gasteiger partial charge in [-0.2, -0.15) is 0 Å². The number of amides is 1. The van der Waals surface area contributed by atoms with Gasteiger partial charge < -0.3 is 15.0 Å². The number of carbonyl (C=O) groups excluding carboxylic acids is 2. The Morgan fingerprint density at radius 1 is 1.00 bits per heavy atom. The van der Waals surface area contributed by atoms with Gasteiger partial charge in [-0.3, -0.25) is 9.59 Å². The van der Waals surface area contributed by atoms with Gasteiger partial charge in [0.15, 0.2) is 0 Å². The normalized spacial score (nSPS) is 10.7. The molecule has 3 aromatic carbocycles. The summed E-state index contributed by atoms with van der Waals surface area (Å²) in [7, 11) is 0. The van der Waals surface area contributed by atoms with Crippen LogP contribution in [0.15, 0.2) is 72.8 Å². The van der Waals surface area contributed by atoms with Crippen LogP contribution in [0.3, 0.4) is 0 Å². The van der Waals surface area contributed by atoms with E-state index in [0.29, 0.717) is 39.8 Å². The Labute approximate surface area is 178 Å². The van der Waals surface area contributed by atoms with Crippen molar-refractivity contribution in [1.82, 2.24) is 4.98 Å². The molecule has 2 N–H and O–H groups in total. The number of ketones is 1. The van der Waals surface area contributed by atoms with Crippen LogP contribution in [-0.2, 0) is 11.4 Å². The quantitative estimate of drug-likeness (QED) is 0.401. The first-order chi connectivity index (χ1) is 14.5. The van der Waals surface area contributed by atoms with Crippen LogP contribution in [0.1, 0.15) is 28.5 Å². The van der Waals surface area contributed by atoms with E-state index < -0.39 is 0 Å². The van der Waals surface area contributed by atoms with Crippen molar-refractivity contribution in [2.75, 3.05) is 5.32 Å². The van der Waals surface area contributed by atoms with E-state index in [1.165, 1.54) is 6.92 Å². The zero-order valence-electron chi connectivity index (χ0n) is 16.2. The predicted molar refractivity (Wildman–Crippen MR) is 118 cm³/mol. The lowest BCUT2D eigenvalue weighted by Gasteiger charge is -2.09. The number of benzene rings is 3. The third-order valence-corrected chi connectivity index (χ3v) is 4.87. The van der Waals surface area contributed by atoms with Crippen LogP contribution in [-0.4, -0.2) is 16.7 Å². The Morgan fingerprint density at radius 3 is 2.57 bits per heavy atom. The number of carbonyl (C=O) groups is 2. The topological polar surface area (TPSA) is 71.2 Å². The molecule has 0 aliphatic rings. The van der Waals surface area contributed by atoms with Crippen LogP contribution in [0.5, 0.6) is 5.75 Å². The number of halogens is 1. The molecule has 4 aromatic rings. The van der Waals surface area contributed by atoms with Crippen molar-refractivity contribution in [3.8, 4) is 5.75 Å². The van der Waals surface area contributed by atoms with Crippen LogP contribution < -0.4 is 10.1 Å². The second-order valence-electron chi connectivity index (χ2n) is 6.88. The maximum atomic E-state index is 13.3. The fourth-order valence-corrected chi connectivity index (χ4v) is 3.43. The highest BCUT2D eigenvalue weighted by atomic mass is 35.5. The molecule has 1 heterocycles. The summed E-state index contributed by atoms with van der Waals surface area (Å²) in [5.41, 5.74) is 2.89. The van der Waals surface area contributed by atoms with Crippen LogP contribution in [0, 0.1) is 0 Å². The number of hydrogen-bond acceptors (Lipinski definition) is 3. The highest BCUT2D eigenvalue weighted by Gasteiger charge is 2.20. The molecule has 0 atom stereocenters. The summed E-state index contributed by atoms with van der Waals surface area (Å²) in [5.74, 6) is 0.0704. The van der Waals surface area contributed by atoms with Gasteiger partial charge in [0.2, 0.25) is 11.7 Å². The van der Waals surface area contributed by atoms with Gasteiger partial charge in [0, 0.05) is 28.4 Å². The van der Waals surface area contributed by atoms with Crippen molar-refractivity contribution in [2.24, 2.45) is 0 Å². The summed E-state index contributed by atoms with van der Waals surface area (Å²) in [4.78, 5) is 28.1. The molecule has 150 valence electrons. The molecule has 0 aliphatic carbocycles. The summed E-state index contributed by atoms with van der Waals surface area (Å²) < 4.78 is 5.84. The van der Waals surface area contributed by atoms with Crippen molar-refractivity contribution < 1.29 is 14.3 Å². The number of anilines is 1. The van der Waals surface area contributed by atoms with Gasteiger partial charge in [-0.15, -0.1) is 0 Å².